The van der Waals surface area contributed by atoms with Gasteiger partial charge in [0.1, 0.15) is 11.6 Å². The van der Waals surface area contributed by atoms with Gasteiger partial charge in [0.25, 0.3) is 11.7 Å². The van der Waals surface area contributed by atoms with Crippen LogP contribution in [0.3, 0.4) is 0 Å². The van der Waals surface area contributed by atoms with E-state index in [9.17, 15) is 19.1 Å². The van der Waals surface area contributed by atoms with Gasteiger partial charge in [-0.3, -0.25) is 14.5 Å². The Bertz CT molecular complexity index is 1190. The highest BCUT2D eigenvalue weighted by Crippen LogP contribution is 2.42. The van der Waals surface area contributed by atoms with Crippen LogP contribution in [-0.2, 0) is 9.59 Å². The van der Waals surface area contributed by atoms with E-state index in [1.54, 1.807) is 48.5 Å². The van der Waals surface area contributed by atoms with Crippen LogP contribution in [0.1, 0.15) is 22.7 Å². The molecule has 1 atom stereocenters. The SMILES string of the molecule is Cc1ccc(N2C(=O)C(=O)C(=C(O)c3ccccc3)C2c2cccc(F)c2)cc1Br. The number of anilines is 1. The van der Waals surface area contributed by atoms with Crippen LogP contribution in [0.25, 0.3) is 5.76 Å². The number of carbonyl (C=O) groups is 2. The lowest BCUT2D eigenvalue weighted by Gasteiger charge is -2.26. The van der Waals surface area contributed by atoms with Gasteiger partial charge >= 0.3 is 0 Å². The predicted octanol–water partition coefficient (Wildman–Crippen LogP) is 5.52. The summed E-state index contributed by atoms with van der Waals surface area (Å²) < 4.78 is 14.8. The summed E-state index contributed by atoms with van der Waals surface area (Å²) in [5.74, 6) is -2.39. The monoisotopic (exact) mass is 465 g/mol. The fourth-order valence-corrected chi connectivity index (χ4v) is 3.94. The Balaban J connectivity index is 1.97. The third-order valence-electron chi connectivity index (χ3n) is 5.09. The lowest BCUT2D eigenvalue weighted by Crippen LogP contribution is -2.29. The third kappa shape index (κ3) is 3.44. The van der Waals surface area contributed by atoms with E-state index in [0.29, 0.717) is 16.8 Å². The zero-order valence-corrected chi connectivity index (χ0v) is 17.6. The highest BCUT2D eigenvalue weighted by atomic mass is 79.9. The van der Waals surface area contributed by atoms with Crippen LogP contribution in [0.5, 0.6) is 0 Å². The van der Waals surface area contributed by atoms with Crippen molar-refractivity contribution in [1.82, 2.24) is 0 Å². The zero-order chi connectivity index (χ0) is 21.4. The minimum absolute atomic E-state index is 0.0755. The van der Waals surface area contributed by atoms with E-state index >= 15 is 0 Å². The molecule has 6 heteroatoms. The van der Waals surface area contributed by atoms with Crippen LogP contribution in [0.4, 0.5) is 10.1 Å². The maximum Gasteiger partial charge on any atom is 0.300 e. The Labute approximate surface area is 181 Å². The van der Waals surface area contributed by atoms with Crippen molar-refractivity contribution in [2.45, 2.75) is 13.0 Å². The minimum atomic E-state index is -0.962. The molecule has 0 radical (unpaired) electrons. The lowest BCUT2D eigenvalue weighted by atomic mass is 9.95. The number of carbonyl (C=O) groups excluding carboxylic acids is 2. The number of benzene rings is 3. The van der Waals surface area contributed by atoms with Gasteiger partial charge in [0.15, 0.2) is 0 Å². The summed E-state index contributed by atoms with van der Waals surface area (Å²) in [7, 11) is 0. The van der Waals surface area contributed by atoms with Gasteiger partial charge in [0.05, 0.1) is 11.6 Å². The first-order valence-corrected chi connectivity index (χ1v) is 10.1. The maximum atomic E-state index is 14.0. The number of aryl methyl sites for hydroxylation is 1. The van der Waals surface area contributed by atoms with Crippen molar-refractivity contribution in [1.29, 1.82) is 0 Å². The molecule has 3 aromatic carbocycles. The van der Waals surface area contributed by atoms with Gasteiger partial charge in [-0.1, -0.05) is 64.5 Å². The quantitative estimate of drug-likeness (QED) is 0.314. The van der Waals surface area contributed by atoms with Gasteiger partial charge in [0, 0.05) is 15.7 Å². The Kier molecular flexibility index (Phi) is 5.26. The Morgan fingerprint density at radius 1 is 1.00 bits per heavy atom. The molecule has 1 heterocycles. The fourth-order valence-electron chi connectivity index (χ4n) is 3.57. The van der Waals surface area contributed by atoms with Crippen LogP contribution >= 0.6 is 15.9 Å². The van der Waals surface area contributed by atoms with Crippen molar-refractivity contribution >= 4 is 39.1 Å². The molecule has 0 saturated carbocycles. The number of hydrogen-bond donors (Lipinski definition) is 1. The third-order valence-corrected chi connectivity index (χ3v) is 5.94. The van der Waals surface area contributed by atoms with E-state index in [1.165, 1.54) is 23.1 Å². The summed E-state index contributed by atoms with van der Waals surface area (Å²) in [5.41, 5.74) is 2.15. The number of aliphatic hydroxyl groups excluding tert-OH is 1. The summed E-state index contributed by atoms with van der Waals surface area (Å²) in [6.45, 7) is 1.90. The number of amides is 1. The average Bonchev–Trinajstić information content (AvgIpc) is 3.01. The van der Waals surface area contributed by atoms with E-state index in [2.05, 4.69) is 15.9 Å². The number of Topliss-reactive ketones (excluding diaryl/α,β-unsaturated/α-hetero) is 1. The topological polar surface area (TPSA) is 57.6 Å². The van der Waals surface area contributed by atoms with Gasteiger partial charge in [0.2, 0.25) is 0 Å². The van der Waals surface area contributed by atoms with E-state index in [1.807, 2.05) is 13.0 Å². The maximum absolute atomic E-state index is 14.0. The molecule has 1 unspecified atom stereocenters. The van der Waals surface area contributed by atoms with Crippen LogP contribution in [0.2, 0.25) is 0 Å². The normalized spacial score (nSPS) is 18.1. The number of hydrogen-bond acceptors (Lipinski definition) is 3. The van der Waals surface area contributed by atoms with E-state index in [4.69, 9.17) is 0 Å². The van der Waals surface area contributed by atoms with E-state index in [-0.39, 0.29) is 11.3 Å². The van der Waals surface area contributed by atoms with E-state index in [0.717, 1.165) is 10.0 Å². The summed E-state index contributed by atoms with van der Waals surface area (Å²) in [6.07, 6.45) is 0. The molecular weight excluding hydrogens is 449 g/mol. The fraction of sp³-hybridized carbons (Fsp3) is 0.0833. The van der Waals surface area contributed by atoms with Crippen LogP contribution < -0.4 is 4.90 Å². The number of ketones is 1. The highest BCUT2D eigenvalue weighted by molar-refractivity contribution is 9.10. The number of rotatable bonds is 3. The Morgan fingerprint density at radius 2 is 1.73 bits per heavy atom. The molecule has 1 aliphatic rings. The summed E-state index contributed by atoms with van der Waals surface area (Å²) in [4.78, 5) is 27.4. The first kappa shape index (κ1) is 20.0. The second kappa shape index (κ2) is 7.88. The summed E-state index contributed by atoms with van der Waals surface area (Å²) in [6, 6.07) is 18.5. The number of halogens is 2. The van der Waals surface area contributed by atoms with Crippen LogP contribution in [0.15, 0.2) is 82.8 Å². The van der Waals surface area contributed by atoms with Crippen molar-refractivity contribution in [3.8, 4) is 0 Å². The molecule has 1 N–H and O–H groups in total. The molecule has 0 aromatic heterocycles. The Hall–Kier alpha value is -3.25. The summed E-state index contributed by atoms with van der Waals surface area (Å²) >= 11 is 3.45. The van der Waals surface area contributed by atoms with Gasteiger partial charge in [-0.2, -0.15) is 0 Å². The molecule has 150 valence electrons. The molecule has 0 spiro atoms. The molecule has 1 amide bonds. The number of aliphatic hydroxyl groups is 1. The number of nitrogens with zero attached hydrogens (tertiary/aromatic N) is 1. The molecule has 1 aliphatic heterocycles. The molecule has 1 saturated heterocycles. The van der Waals surface area contributed by atoms with Crippen molar-refractivity contribution in [2.75, 3.05) is 4.90 Å². The van der Waals surface area contributed by atoms with Gasteiger partial charge in [-0.15, -0.1) is 0 Å². The molecule has 3 aromatic rings. The first-order chi connectivity index (χ1) is 14.4. The second-order valence-corrected chi connectivity index (χ2v) is 7.88. The van der Waals surface area contributed by atoms with Crippen molar-refractivity contribution < 1.29 is 19.1 Å². The molecule has 4 rings (SSSR count). The Morgan fingerprint density at radius 3 is 2.40 bits per heavy atom. The largest absolute Gasteiger partial charge is 0.507 e. The predicted molar refractivity (Wildman–Crippen MR) is 117 cm³/mol. The molecule has 0 aliphatic carbocycles. The lowest BCUT2D eigenvalue weighted by molar-refractivity contribution is -0.132. The molecule has 30 heavy (non-hydrogen) atoms. The van der Waals surface area contributed by atoms with Crippen LogP contribution in [0, 0.1) is 12.7 Å². The van der Waals surface area contributed by atoms with Crippen molar-refractivity contribution in [3.63, 3.8) is 0 Å². The second-order valence-electron chi connectivity index (χ2n) is 7.02. The smallest absolute Gasteiger partial charge is 0.300 e. The standard InChI is InChI=1S/C24H17BrFNO3/c1-14-10-11-18(13-19(14)25)27-21(16-8-5-9-17(26)12-16)20(23(29)24(27)30)22(28)15-6-3-2-4-7-15/h2-13,21,28H,1H3. The highest BCUT2D eigenvalue weighted by Gasteiger charge is 2.47. The van der Waals surface area contributed by atoms with Gasteiger partial charge in [-0.05, 0) is 42.3 Å². The molecule has 1 fully saturated rings. The summed E-state index contributed by atoms with van der Waals surface area (Å²) in [5, 5.41) is 10.9. The average molecular weight is 466 g/mol. The van der Waals surface area contributed by atoms with E-state index < -0.39 is 23.5 Å². The van der Waals surface area contributed by atoms with Crippen molar-refractivity contribution in [3.05, 3.63) is 105 Å². The minimum Gasteiger partial charge on any atom is -0.507 e. The molecular formula is C24H17BrFNO3. The van der Waals surface area contributed by atoms with Crippen molar-refractivity contribution in [2.24, 2.45) is 0 Å². The molecule has 0 bridgehead atoms. The first-order valence-electron chi connectivity index (χ1n) is 9.26. The van der Waals surface area contributed by atoms with Gasteiger partial charge < -0.3 is 5.11 Å². The van der Waals surface area contributed by atoms with Crippen LogP contribution in [-0.4, -0.2) is 16.8 Å². The van der Waals surface area contributed by atoms with Gasteiger partial charge in [-0.25, -0.2) is 4.39 Å². The molecule has 4 nitrogen and oxygen atoms in total. The zero-order valence-electron chi connectivity index (χ0n) is 16.0.